The predicted molar refractivity (Wildman–Crippen MR) is 121 cm³/mol. The molecule has 1 heterocycles. The molecule has 0 radical (unpaired) electrons. The number of carboxylic acids is 1. The van der Waals surface area contributed by atoms with Crippen LogP contribution in [0.5, 0.6) is 0 Å². The Bertz CT molecular complexity index is 1010. The van der Waals surface area contributed by atoms with Crippen molar-refractivity contribution in [1.29, 1.82) is 0 Å². The number of likely N-dealkylation sites (tertiary alicyclic amines) is 1. The molecule has 1 fully saturated rings. The van der Waals surface area contributed by atoms with Crippen LogP contribution in [-0.2, 0) is 19.1 Å². The van der Waals surface area contributed by atoms with Crippen LogP contribution < -0.4 is 5.32 Å². The van der Waals surface area contributed by atoms with E-state index in [4.69, 9.17) is 9.47 Å². The first-order valence-corrected chi connectivity index (χ1v) is 11.1. The molecule has 2 N–H and O–H groups in total. The summed E-state index contributed by atoms with van der Waals surface area (Å²) in [5, 5.41) is 12.1. The summed E-state index contributed by atoms with van der Waals surface area (Å²) in [5.41, 5.74) is 4.46. The van der Waals surface area contributed by atoms with Crippen LogP contribution in [0.15, 0.2) is 48.5 Å². The smallest absolute Gasteiger partial charge is 0.407 e. The maximum absolute atomic E-state index is 13.0. The summed E-state index contributed by atoms with van der Waals surface area (Å²) >= 11 is 0. The lowest BCUT2D eigenvalue weighted by Gasteiger charge is -2.26. The normalized spacial score (nSPS) is 20.1. The van der Waals surface area contributed by atoms with Crippen molar-refractivity contribution in [2.24, 2.45) is 0 Å². The molecule has 33 heavy (non-hydrogen) atoms. The minimum Gasteiger partial charge on any atom is -0.480 e. The Morgan fingerprint density at radius 2 is 1.70 bits per heavy atom. The highest BCUT2D eigenvalue weighted by Crippen LogP contribution is 2.44. The molecule has 8 nitrogen and oxygen atoms in total. The fourth-order valence-electron chi connectivity index (χ4n) is 4.77. The molecule has 1 aliphatic heterocycles. The molecule has 0 spiro atoms. The molecule has 8 heteroatoms. The van der Waals surface area contributed by atoms with Gasteiger partial charge in [-0.05, 0) is 28.7 Å². The Morgan fingerprint density at radius 3 is 2.24 bits per heavy atom. The van der Waals surface area contributed by atoms with Gasteiger partial charge in [-0.2, -0.15) is 0 Å². The van der Waals surface area contributed by atoms with Gasteiger partial charge in [0.05, 0.1) is 6.10 Å². The summed E-state index contributed by atoms with van der Waals surface area (Å²) in [6.07, 6.45) is -0.518. The van der Waals surface area contributed by atoms with Crippen molar-refractivity contribution in [3.8, 4) is 11.1 Å². The van der Waals surface area contributed by atoms with Gasteiger partial charge in [0.15, 0.2) is 0 Å². The number of carbonyl (C=O) groups excluding carboxylic acids is 2. The molecule has 2 aromatic rings. The van der Waals surface area contributed by atoms with Crippen LogP contribution >= 0.6 is 0 Å². The van der Waals surface area contributed by atoms with Gasteiger partial charge in [-0.1, -0.05) is 55.5 Å². The number of fused-ring (bicyclic) bond motifs is 3. The number of amides is 2. The van der Waals surface area contributed by atoms with Crippen molar-refractivity contribution in [3.63, 3.8) is 0 Å². The molecule has 2 aromatic carbocycles. The Hall–Kier alpha value is -3.39. The van der Waals surface area contributed by atoms with Crippen molar-refractivity contribution in [1.82, 2.24) is 10.2 Å². The third-order valence-corrected chi connectivity index (χ3v) is 6.51. The molecular formula is C25H28N2O6. The highest BCUT2D eigenvalue weighted by molar-refractivity contribution is 5.90. The fourth-order valence-corrected chi connectivity index (χ4v) is 4.77. The quantitative estimate of drug-likeness (QED) is 0.669. The third kappa shape index (κ3) is 4.43. The van der Waals surface area contributed by atoms with E-state index < -0.39 is 30.1 Å². The monoisotopic (exact) mass is 452 g/mol. The molecular weight excluding hydrogens is 424 g/mol. The SMILES string of the molecule is CC[C@@H](NC(=O)OCC1c2ccccc2-c2ccccc21)C(=O)N1CC(OC)CC1C(=O)O. The van der Waals surface area contributed by atoms with E-state index in [0.717, 1.165) is 22.3 Å². The van der Waals surface area contributed by atoms with E-state index in [0.29, 0.717) is 6.42 Å². The van der Waals surface area contributed by atoms with Crippen molar-refractivity contribution in [3.05, 3.63) is 59.7 Å². The van der Waals surface area contributed by atoms with Gasteiger partial charge in [-0.15, -0.1) is 0 Å². The number of carboxylic acid groups (broad SMARTS) is 1. The first-order chi connectivity index (χ1) is 15.9. The highest BCUT2D eigenvalue weighted by atomic mass is 16.5. The van der Waals surface area contributed by atoms with E-state index in [1.165, 1.54) is 12.0 Å². The number of alkyl carbamates (subject to hydrolysis) is 1. The minimum atomic E-state index is -1.08. The molecule has 2 aliphatic rings. The number of rotatable bonds is 7. The summed E-state index contributed by atoms with van der Waals surface area (Å²) < 4.78 is 10.8. The number of hydrogen-bond donors (Lipinski definition) is 2. The molecule has 1 saturated heterocycles. The van der Waals surface area contributed by atoms with Gasteiger partial charge in [-0.25, -0.2) is 9.59 Å². The number of aliphatic carboxylic acids is 1. The topological polar surface area (TPSA) is 105 Å². The fraction of sp³-hybridized carbons (Fsp3) is 0.400. The van der Waals surface area contributed by atoms with Crippen molar-refractivity contribution in [2.75, 3.05) is 20.3 Å². The van der Waals surface area contributed by atoms with Crippen LogP contribution in [0, 0.1) is 0 Å². The standard InChI is InChI=1S/C25H28N2O6/c1-3-21(23(28)27-13-15(32-2)12-22(27)24(29)30)26-25(31)33-14-20-18-10-6-4-8-16(18)17-9-5-7-11-19(17)20/h4-11,15,20-22H,3,12-14H2,1-2H3,(H,26,31)(H,29,30)/t15?,21-,22?/m1/s1. The van der Waals surface area contributed by atoms with Crippen molar-refractivity contribution >= 4 is 18.0 Å². The molecule has 3 atom stereocenters. The zero-order chi connectivity index (χ0) is 23.5. The molecule has 2 unspecified atom stereocenters. The first kappa shape index (κ1) is 22.8. The summed E-state index contributed by atoms with van der Waals surface area (Å²) in [6.45, 7) is 2.07. The Balaban J connectivity index is 1.41. The minimum absolute atomic E-state index is 0.0867. The molecule has 174 valence electrons. The second-order valence-corrected chi connectivity index (χ2v) is 8.37. The van der Waals surface area contributed by atoms with Crippen LogP contribution in [0.3, 0.4) is 0 Å². The van der Waals surface area contributed by atoms with E-state index >= 15 is 0 Å². The first-order valence-electron chi connectivity index (χ1n) is 11.1. The number of benzene rings is 2. The zero-order valence-corrected chi connectivity index (χ0v) is 18.7. The maximum Gasteiger partial charge on any atom is 0.407 e. The van der Waals surface area contributed by atoms with E-state index in [9.17, 15) is 19.5 Å². The molecule has 1 aliphatic carbocycles. The van der Waals surface area contributed by atoms with Crippen LogP contribution in [0.2, 0.25) is 0 Å². The largest absolute Gasteiger partial charge is 0.480 e. The van der Waals surface area contributed by atoms with Gasteiger partial charge in [0, 0.05) is 26.0 Å². The molecule has 0 saturated carbocycles. The van der Waals surface area contributed by atoms with E-state index in [1.54, 1.807) is 6.92 Å². The highest BCUT2D eigenvalue weighted by Gasteiger charge is 2.42. The molecule has 0 bridgehead atoms. The zero-order valence-electron chi connectivity index (χ0n) is 18.7. The van der Waals surface area contributed by atoms with Crippen molar-refractivity contribution < 1.29 is 29.0 Å². The average molecular weight is 453 g/mol. The van der Waals surface area contributed by atoms with Gasteiger partial charge in [-0.3, -0.25) is 4.79 Å². The number of nitrogens with zero attached hydrogens (tertiary/aromatic N) is 1. The predicted octanol–water partition coefficient (Wildman–Crippen LogP) is 3.00. The summed E-state index contributed by atoms with van der Waals surface area (Å²) in [4.78, 5) is 38.5. The number of carbonyl (C=O) groups is 3. The van der Waals surface area contributed by atoms with Crippen LogP contribution in [0.25, 0.3) is 11.1 Å². The number of nitrogens with one attached hydrogen (secondary N) is 1. The van der Waals surface area contributed by atoms with Gasteiger partial charge >= 0.3 is 12.1 Å². The van der Waals surface area contributed by atoms with Crippen LogP contribution in [-0.4, -0.2) is 66.4 Å². The van der Waals surface area contributed by atoms with Gasteiger partial charge in [0.25, 0.3) is 0 Å². The van der Waals surface area contributed by atoms with Gasteiger partial charge in [0.1, 0.15) is 18.7 Å². The Kier molecular flexibility index (Phi) is 6.65. The summed E-state index contributed by atoms with van der Waals surface area (Å²) in [6, 6.07) is 14.2. The second kappa shape index (κ2) is 9.62. The van der Waals surface area contributed by atoms with E-state index in [-0.39, 0.29) is 31.6 Å². The summed E-state index contributed by atoms with van der Waals surface area (Å²) in [7, 11) is 1.49. The second-order valence-electron chi connectivity index (χ2n) is 8.37. The molecule has 4 rings (SSSR count). The average Bonchev–Trinajstić information content (AvgIpc) is 3.41. The third-order valence-electron chi connectivity index (χ3n) is 6.51. The van der Waals surface area contributed by atoms with Crippen molar-refractivity contribution in [2.45, 2.75) is 43.9 Å². The van der Waals surface area contributed by atoms with E-state index in [2.05, 4.69) is 17.4 Å². The Labute approximate surface area is 192 Å². The molecule has 2 amide bonds. The lowest BCUT2D eigenvalue weighted by atomic mass is 9.98. The lowest BCUT2D eigenvalue weighted by molar-refractivity contribution is -0.149. The number of methoxy groups -OCH3 is 1. The van der Waals surface area contributed by atoms with Gasteiger partial charge in [0.2, 0.25) is 5.91 Å². The van der Waals surface area contributed by atoms with Crippen LogP contribution in [0.1, 0.15) is 36.8 Å². The lowest BCUT2D eigenvalue weighted by Crippen LogP contribution is -2.51. The maximum atomic E-state index is 13.0. The molecule has 0 aromatic heterocycles. The summed E-state index contributed by atoms with van der Waals surface area (Å²) in [5.74, 6) is -1.62. The van der Waals surface area contributed by atoms with Gasteiger partial charge < -0.3 is 24.8 Å². The van der Waals surface area contributed by atoms with E-state index in [1.807, 2.05) is 36.4 Å². The van der Waals surface area contributed by atoms with Crippen LogP contribution in [0.4, 0.5) is 4.79 Å². The number of ether oxygens (including phenoxy) is 2. The Morgan fingerprint density at radius 1 is 1.09 bits per heavy atom. The number of hydrogen-bond acceptors (Lipinski definition) is 5.